The summed E-state index contributed by atoms with van der Waals surface area (Å²) in [5, 5.41) is 5.45. The highest BCUT2D eigenvalue weighted by Gasteiger charge is 2.16. The lowest BCUT2D eigenvalue weighted by atomic mass is 10.2. The van der Waals surface area contributed by atoms with E-state index in [4.69, 9.17) is 0 Å². The van der Waals surface area contributed by atoms with E-state index in [9.17, 15) is 0 Å². The molecule has 0 bridgehead atoms. The van der Waals surface area contributed by atoms with Crippen LogP contribution in [0.25, 0.3) is 5.69 Å². The van der Waals surface area contributed by atoms with Crippen molar-refractivity contribution in [3.8, 4) is 5.69 Å². The molecule has 0 saturated carbocycles. The molecule has 0 N–H and O–H groups in total. The zero-order valence-corrected chi connectivity index (χ0v) is 15.3. The minimum absolute atomic E-state index is 0.927. The van der Waals surface area contributed by atoms with Crippen LogP contribution in [0.4, 0.5) is 5.13 Å². The zero-order valence-electron chi connectivity index (χ0n) is 14.5. The molecule has 1 saturated heterocycles. The van der Waals surface area contributed by atoms with Gasteiger partial charge in [0, 0.05) is 49.6 Å². The number of hydrogen-bond donors (Lipinski definition) is 0. The predicted molar refractivity (Wildman–Crippen MR) is 102 cm³/mol. The Morgan fingerprint density at radius 1 is 1.12 bits per heavy atom. The van der Waals surface area contributed by atoms with E-state index in [1.165, 1.54) is 28.4 Å². The van der Waals surface area contributed by atoms with Gasteiger partial charge in [-0.25, -0.2) is 9.67 Å². The molecule has 0 unspecified atom stereocenters. The summed E-state index contributed by atoms with van der Waals surface area (Å²) in [5.41, 5.74) is 2.40. The van der Waals surface area contributed by atoms with Crippen LogP contribution < -0.4 is 4.90 Å². The maximum atomic E-state index is 4.61. The second kappa shape index (κ2) is 7.37. The predicted octanol–water partition coefficient (Wildman–Crippen LogP) is 3.56. The number of thiazole rings is 1. The van der Waals surface area contributed by atoms with E-state index in [1.807, 2.05) is 34.5 Å². The van der Waals surface area contributed by atoms with E-state index in [1.54, 1.807) is 6.20 Å². The van der Waals surface area contributed by atoms with Gasteiger partial charge in [0.25, 0.3) is 0 Å². The lowest BCUT2D eigenvalue weighted by Crippen LogP contribution is -2.17. The second-order valence-electron chi connectivity index (χ2n) is 6.59. The van der Waals surface area contributed by atoms with Crippen LogP contribution in [0.3, 0.4) is 0 Å². The van der Waals surface area contributed by atoms with E-state index in [-0.39, 0.29) is 0 Å². The molecule has 4 rings (SSSR count). The van der Waals surface area contributed by atoms with E-state index in [0.717, 1.165) is 31.9 Å². The van der Waals surface area contributed by atoms with Gasteiger partial charge in [-0.05, 0) is 43.7 Å². The summed E-state index contributed by atoms with van der Waals surface area (Å²) in [6.45, 7) is 4.18. The third-order valence-electron chi connectivity index (χ3n) is 4.50. The van der Waals surface area contributed by atoms with Crippen LogP contribution >= 0.6 is 11.3 Å². The highest BCUT2D eigenvalue weighted by Crippen LogP contribution is 2.26. The van der Waals surface area contributed by atoms with Gasteiger partial charge in [-0.3, -0.25) is 4.90 Å². The molecule has 2 aromatic heterocycles. The fourth-order valence-corrected chi connectivity index (χ4v) is 4.28. The van der Waals surface area contributed by atoms with Crippen LogP contribution in [0.15, 0.2) is 48.9 Å². The van der Waals surface area contributed by atoms with Crippen LogP contribution in [-0.4, -0.2) is 39.8 Å². The van der Waals surface area contributed by atoms with Gasteiger partial charge in [0.1, 0.15) is 0 Å². The normalized spacial score (nSPS) is 14.6. The van der Waals surface area contributed by atoms with Crippen molar-refractivity contribution in [2.75, 3.05) is 25.0 Å². The minimum Gasteiger partial charge on any atom is -0.348 e. The Morgan fingerprint density at radius 2 is 1.92 bits per heavy atom. The maximum absolute atomic E-state index is 4.61. The summed E-state index contributed by atoms with van der Waals surface area (Å²) in [4.78, 5) is 10.7. The molecule has 3 aromatic rings. The largest absolute Gasteiger partial charge is 0.348 e. The summed E-state index contributed by atoms with van der Waals surface area (Å²) >= 11 is 1.83. The van der Waals surface area contributed by atoms with Crippen molar-refractivity contribution in [3.05, 3.63) is 59.4 Å². The van der Waals surface area contributed by atoms with Gasteiger partial charge in [-0.15, -0.1) is 11.3 Å². The Hall–Kier alpha value is -2.18. The number of nitrogens with zero attached hydrogens (tertiary/aromatic N) is 5. The summed E-state index contributed by atoms with van der Waals surface area (Å²) in [5.74, 6) is 0. The first-order valence-corrected chi connectivity index (χ1v) is 9.57. The van der Waals surface area contributed by atoms with Crippen LogP contribution in [0.5, 0.6) is 0 Å². The van der Waals surface area contributed by atoms with Crippen molar-refractivity contribution < 1.29 is 0 Å². The van der Waals surface area contributed by atoms with Gasteiger partial charge in [0.05, 0.1) is 5.69 Å². The van der Waals surface area contributed by atoms with Gasteiger partial charge >= 0.3 is 0 Å². The molecular formula is C19H23N5S. The molecule has 6 heteroatoms. The third kappa shape index (κ3) is 3.91. The Bertz CT molecular complexity index is 788. The summed E-state index contributed by atoms with van der Waals surface area (Å²) in [6, 6.07) is 10.5. The number of aromatic nitrogens is 3. The first-order valence-electron chi connectivity index (χ1n) is 8.75. The smallest absolute Gasteiger partial charge is 0.185 e. The summed E-state index contributed by atoms with van der Waals surface area (Å²) in [6.07, 6.45) is 8.39. The first-order chi connectivity index (χ1) is 12.3. The summed E-state index contributed by atoms with van der Waals surface area (Å²) in [7, 11) is 2.16. The molecule has 0 radical (unpaired) electrons. The fourth-order valence-electron chi connectivity index (χ4n) is 3.23. The van der Waals surface area contributed by atoms with Crippen molar-refractivity contribution in [2.24, 2.45) is 0 Å². The van der Waals surface area contributed by atoms with Crippen molar-refractivity contribution in [1.82, 2.24) is 19.7 Å². The highest BCUT2D eigenvalue weighted by atomic mass is 32.1. The molecule has 3 heterocycles. The Morgan fingerprint density at radius 3 is 2.64 bits per heavy atom. The van der Waals surface area contributed by atoms with Crippen LogP contribution in [0.2, 0.25) is 0 Å². The molecule has 25 heavy (non-hydrogen) atoms. The molecule has 0 atom stereocenters. The summed E-state index contributed by atoms with van der Waals surface area (Å²) < 4.78 is 1.88. The van der Waals surface area contributed by atoms with E-state index in [0.29, 0.717) is 0 Å². The first kappa shape index (κ1) is 16.3. The standard InChI is InChI=1S/C19H23N5S/c1-22(15-18-13-20-19(25-18)23-10-2-3-11-23)14-16-5-7-17(8-6-16)24-12-4-9-21-24/h4-9,12-13H,2-3,10-11,14-15H2,1H3. The molecule has 5 nitrogen and oxygen atoms in total. The number of rotatable bonds is 6. The van der Waals surface area contributed by atoms with Gasteiger partial charge in [-0.1, -0.05) is 12.1 Å². The highest BCUT2D eigenvalue weighted by molar-refractivity contribution is 7.15. The average molecular weight is 353 g/mol. The number of hydrogen-bond acceptors (Lipinski definition) is 5. The van der Waals surface area contributed by atoms with Crippen molar-refractivity contribution >= 4 is 16.5 Å². The van der Waals surface area contributed by atoms with E-state index in [2.05, 4.69) is 51.2 Å². The monoisotopic (exact) mass is 353 g/mol. The molecular weight excluding hydrogens is 330 g/mol. The molecule has 0 spiro atoms. The average Bonchev–Trinajstić information content (AvgIpc) is 3.37. The second-order valence-corrected chi connectivity index (χ2v) is 7.69. The Labute approximate surface area is 152 Å². The van der Waals surface area contributed by atoms with Gasteiger partial charge < -0.3 is 4.90 Å². The fraction of sp³-hybridized carbons (Fsp3) is 0.368. The quantitative estimate of drug-likeness (QED) is 0.679. The Kier molecular flexibility index (Phi) is 4.81. The van der Waals surface area contributed by atoms with Crippen LogP contribution in [0.1, 0.15) is 23.3 Å². The van der Waals surface area contributed by atoms with E-state index >= 15 is 0 Å². The number of anilines is 1. The van der Waals surface area contributed by atoms with Crippen LogP contribution in [-0.2, 0) is 13.1 Å². The molecule has 1 aliphatic rings. The molecule has 130 valence electrons. The molecule has 1 fully saturated rings. The van der Waals surface area contributed by atoms with Crippen molar-refractivity contribution in [1.29, 1.82) is 0 Å². The maximum Gasteiger partial charge on any atom is 0.185 e. The lowest BCUT2D eigenvalue weighted by molar-refractivity contribution is 0.322. The molecule has 1 aliphatic heterocycles. The van der Waals surface area contributed by atoms with Crippen LogP contribution in [0, 0.1) is 0 Å². The lowest BCUT2D eigenvalue weighted by Gasteiger charge is -2.16. The topological polar surface area (TPSA) is 37.2 Å². The Balaban J connectivity index is 1.34. The van der Waals surface area contributed by atoms with Gasteiger partial charge in [0.2, 0.25) is 0 Å². The third-order valence-corrected chi connectivity index (χ3v) is 5.54. The molecule has 0 aliphatic carbocycles. The minimum atomic E-state index is 0.927. The number of benzene rings is 1. The van der Waals surface area contributed by atoms with Gasteiger partial charge in [0.15, 0.2) is 5.13 Å². The SMILES string of the molecule is CN(Cc1ccc(-n2cccn2)cc1)Cc1cnc(N2CCCC2)s1. The van der Waals surface area contributed by atoms with Gasteiger partial charge in [-0.2, -0.15) is 5.10 Å². The van der Waals surface area contributed by atoms with Crippen molar-refractivity contribution in [2.45, 2.75) is 25.9 Å². The van der Waals surface area contributed by atoms with Crippen molar-refractivity contribution in [3.63, 3.8) is 0 Å². The van der Waals surface area contributed by atoms with E-state index < -0.39 is 0 Å². The molecule has 1 aromatic carbocycles. The zero-order chi connectivity index (χ0) is 17.1. The molecule has 0 amide bonds.